The van der Waals surface area contributed by atoms with E-state index in [0.717, 1.165) is 25.3 Å². The lowest BCUT2D eigenvalue weighted by Gasteiger charge is -2.46. The van der Waals surface area contributed by atoms with Crippen LogP contribution < -0.4 is 10.6 Å². The van der Waals surface area contributed by atoms with Crippen molar-refractivity contribution in [1.82, 2.24) is 4.90 Å². The van der Waals surface area contributed by atoms with E-state index in [2.05, 4.69) is 55.8 Å². The maximum Gasteiger partial charge on any atom is 0.0603 e. The molecule has 0 aromatic heterocycles. The molecule has 3 nitrogen and oxygen atoms in total. The number of para-hydroxylation sites is 1. The summed E-state index contributed by atoms with van der Waals surface area (Å²) in [6, 6.07) is 6.29. The van der Waals surface area contributed by atoms with Crippen molar-refractivity contribution in [3.8, 4) is 0 Å². The first kappa shape index (κ1) is 12.2. The van der Waals surface area contributed by atoms with E-state index < -0.39 is 0 Å². The van der Waals surface area contributed by atoms with Crippen molar-refractivity contribution in [3.05, 3.63) is 23.8 Å². The summed E-state index contributed by atoms with van der Waals surface area (Å²) < 4.78 is 0. The van der Waals surface area contributed by atoms with E-state index in [1.807, 2.05) is 0 Å². The number of likely N-dealkylation sites (N-methyl/N-ethyl adjacent to an activating group) is 1. The van der Waals surface area contributed by atoms with E-state index in [-0.39, 0.29) is 5.54 Å². The Labute approximate surface area is 104 Å². The molecule has 0 spiro atoms. The summed E-state index contributed by atoms with van der Waals surface area (Å²) in [5.41, 5.74) is 9.66. The van der Waals surface area contributed by atoms with Crippen LogP contribution in [0, 0.1) is 6.92 Å². The van der Waals surface area contributed by atoms with Crippen molar-refractivity contribution in [2.24, 2.45) is 0 Å². The van der Waals surface area contributed by atoms with Crippen LogP contribution in [-0.2, 0) is 0 Å². The van der Waals surface area contributed by atoms with Gasteiger partial charge in [0.1, 0.15) is 0 Å². The zero-order chi connectivity index (χ0) is 12.6. The van der Waals surface area contributed by atoms with Crippen LogP contribution in [0.4, 0.5) is 11.4 Å². The Bertz CT molecular complexity index is 412. The molecule has 94 valence electrons. The Morgan fingerprint density at radius 2 is 1.94 bits per heavy atom. The molecule has 1 aromatic carbocycles. The molecule has 3 heteroatoms. The summed E-state index contributed by atoms with van der Waals surface area (Å²) in [6.45, 7) is 9.79. The Hall–Kier alpha value is -1.22. The molecule has 0 amide bonds. The minimum Gasteiger partial charge on any atom is -0.397 e. The van der Waals surface area contributed by atoms with E-state index >= 15 is 0 Å². The minimum absolute atomic E-state index is 0.203. The zero-order valence-corrected chi connectivity index (χ0v) is 11.3. The van der Waals surface area contributed by atoms with E-state index in [1.165, 1.54) is 11.3 Å². The van der Waals surface area contributed by atoms with E-state index in [4.69, 9.17) is 5.73 Å². The first-order valence-corrected chi connectivity index (χ1v) is 6.23. The number of aryl methyl sites for hydroxylation is 1. The highest BCUT2D eigenvalue weighted by Gasteiger charge is 2.31. The lowest BCUT2D eigenvalue weighted by molar-refractivity contribution is 0.139. The van der Waals surface area contributed by atoms with Gasteiger partial charge < -0.3 is 10.6 Å². The van der Waals surface area contributed by atoms with Gasteiger partial charge in [0.2, 0.25) is 0 Å². The van der Waals surface area contributed by atoms with Crippen LogP contribution in [0.15, 0.2) is 18.2 Å². The van der Waals surface area contributed by atoms with E-state index in [9.17, 15) is 0 Å². The monoisotopic (exact) mass is 233 g/mol. The molecule has 0 aliphatic carbocycles. The lowest BCUT2D eigenvalue weighted by atomic mass is 9.98. The van der Waals surface area contributed by atoms with E-state index in [1.54, 1.807) is 0 Å². The maximum atomic E-state index is 6.18. The Morgan fingerprint density at radius 1 is 1.24 bits per heavy atom. The number of nitrogens with zero attached hydrogens (tertiary/aromatic N) is 2. The predicted octanol–water partition coefficient (Wildman–Crippen LogP) is 2.11. The number of nitrogens with two attached hydrogens (primary N) is 1. The molecule has 0 atom stereocenters. The van der Waals surface area contributed by atoms with Gasteiger partial charge >= 0.3 is 0 Å². The average molecular weight is 233 g/mol. The summed E-state index contributed by atoms with van der Waals surface area (Å²) in [7, 11) is 2.19. The molecule has 1 fully saturated rings. The highest BCUT2D eigenvalue weighted by Crippen LogP contribution is 2.30. The average Bonchev–Trinajstić information content (AvgIpc) is 2.26. The van der Waals surface area contributed by atoms with Gasteiger partial charge in [0.15, 0.2) is 0 Å². The quantitative estimate of drug-likeness (QED) is 0.754. The molecule has 1 aliphatic rings. The highest BCUT2D eigenvalue weighted by molar-refractivity contribution is 5.71. The Balaban J connectivity index is 2.27. The molecule has 1 aliphatic heterocycles. The summed E-state index contributed by atoms with van der Waals surface area (Å²) in [5.74, 6) is 0. The molecule has 1 saturated heterocycles. The van der Waals surface area contributed by atoms with Gasteiger partial charge in [0, 0.05) is 25.2 Å². The third-order valence-electron chi connectivity index (χ3n) is 3.96. The van der Waals surface area contributed by atoms with Crippen molar-refractivity contribution >= 4 is 11.4 Å². The molecular weight excluding hydrogens is 210 g/mol. The molecular formula is C14H23N3. The molecule has 0 bridgehead atoms. The van der Waals surface area contributed by atoms with Gasteiger partial charge in [-0.1, -0.05) is 12.1 Å². The second-order valence-electron chi connectivity index (χ2n) is 5.66. The molecule has 2 rings (SSSR count). The van der Waals surface area contributed by atoms with E-state index in [0.29, 0.717) is 0 Å². The summed E-state index contributed by atoms with van der Waals surface area (Å²) in [4.78, 5) is 4.82. The SMILES string of the molecule is Cc1cccc(N2CCN(C)C(C)(C)C2)c1N. The molecule has 1 aromatic rings. The van der Waals surface area contributed by atoms with Crippen LogP contribution in [0.3, 0.4) is 0 Å². The first-order chi connectivity index (χ1) is 7.92. The van der Waals surface area contributed by atoms with Gasteiger partial charge in [-0.2, -0.15) is 0 Å². The molecule has 1 heterocycles. The summed E-state index contributed by atoms with van der Waals surface area (Å²) >= 11 is 0. The Morgan fingerprint density at radius 3 is 2.59 bits per heavy atom. The van der Waals surface area contributed by atoms with Crippen LogP contribution in [0.5, 0.6) is 0 Å². The lowest BCUT2D eigenvalue weighted by Crippen LogP contribution is -2.57. The topological polar surface area (TPSA) is 32.5 Å². The fourth-order valence-electron chi connectivity index (χ4n) is 2.39. The second kappa shape index (κ2) is 4.22. The number of piperazine rings is 1. The fraction of sp³-hybridized carbons (Fsp3) is 0.571. The van der Waals surface area contributed by atoms with Crippen molar-refractivity contribution in [2.75, 3.05) is 37.3 Å². The second-order valence-corrected chi connectivity index (χ2v) is 5.66. The van der Waals surface area contributed by atoms with Crippen molar-refractivity contribution in [3.63, 3.8) is 0 Å². The summed E-state index contributed by atoms with van der Waals surface area (Å²) in [5, 5.41) is 0. The molecule has 0 radical (unpaired) electrons. The van der Waals surface area contributed by atoms with Gasteiger partial charge in [-0.25, -0.2) is 0 Å². The van der Waals surface area contributed by atoms with Crippen molar-refractivity contribution in [2.45, 2.75) is 26.3 Å². The van der Waals surface area contributed by atoms with Gasteiger partial charge in [-0.15, -0.1) is 0 Å². The summed E-state index contributed by atoms with van der Waals surface area (Å²) in [6.07, 6.45) is 0. The number of benzene rings is 1. The van der Waals surface area contributed by atoms with Gasteiger partial charge in [0.05, 0.1) is 11.4 Å². The van der Waals surface area contributed by atoms with Crippen molar-refractivity contribution < 1.29 is 0 Å². The van der Waals surface area contributed by atoms with Crippen LogP contribution in [0.25, 0.3) is 0 Å². The van der Waals surface area contributed by atoms with Crippen LogP contribution in [0.1, 0.15) is 19.4 Å². The number of anilines is 2. The molecule has 0 saturated carbocycles. The Kier molecular flexibility index (Phi) is 3.04. The van der Waals surface area contributed by atoms with Gasteiger partial charge in [-0.3, -0.25) is 4.90 Å². The fourth-order valence-corrected chi connectivity index (χ4v) is 2.39. The zero-order valence-electron chi connectivity index (χ0n) is 11.3. The normalized spacial score (nSPS) is 20.6. The van der Waals surface area contributed by atoms with Crippen LogP contribution in [0.2, 0.25) is 0 Å². The van der Waals surface area contributed by atoms with Crippen molar-refractivity contribution in [1.29, 1.82) is 0 Å². The third-order valence-corrected chi connectivity index (χ3v) is 3.96. The van der Waals surface area contributed by atoms with Crippen LogP contribution >= 0.6 is 0 Å². The number of rotatable bonds is 1. The maximum absolute atomic E-state index is 6.18. The first-order valence-electron chi connectivity index (χ1n) is 6.23. The number of hydrogen-bond donors (Lipinski definition) is 1. The number of nitrogen functional groups attached to an aromatic ring is 1. The smallest absolute Gasteiger partial charge is 0.0603 e. The number of hydrogen-bond acceptors (Lipinski definition) is 3. The highest BCUT2D eigenvalue weighted by atomic mass is 15.3. The van der Waals surface area contributed by atoms with Gasteiger partial charge in [-0.05, 0) is 39.4 Å². The van der Waals surface area contributed by atoms with Crippen LogP contribution in [-0.4, -0.2) is 37.1 Å². The third kappa shape index (κ3) is 2.25. The predicted molar refractivity (Wildman–Crippen MR) is 74.5 cm³/mol. The largest absolute Gasteiger partial charge is 0.397 e. The molecule has 2 N–H and O–H groups in total. The molecule has 17 heavy (non-hydrogen) atoms. The standard InChI is InChI=1S/C14H23N3/c1-11-6-5-7-12(13(11)15)17-9-8-16(4)14(2,3)10-17/h5-7H,8-10,15H2,1-4H3. The van der Waals surface area contributed by atoms with Gasteiger partial charge in [0.25, 0.3) is 0 Å². The molecule has 0 unspecified atom stereocenters. The minimum atomic E-state index is 0.203.